The van der Waals surface area contributed by atoms with E-state index in [2.05, 4.69) is 34.9 Å². The van der Waals surface area contributed by atoms with Crippen molar-refractivity contribution >= 4 is 54.8 Å². The monoisotopic (exact) mass is 532 g/mol. The van der Waals surface area contributed by atoms with E-state index < -0.39 is 24.2 Å². The molecule has 0 bridgehead atoms. The highest BCUT2D eigenvalue weighted by Crippen LogP contribution is 2.40. The first-order valence-electron chi connectivity index (χ1n) is 17.3. The van der Waals surface area contributed by atoms with Crippen molar-refractivity contribution in [3.8, 4) is 22.5 Å². The van der Waals surface area contributed by atoms with E-state index in [0.29, 0.717) is 5.69 Å². The van der Waals surface area contributed by atoms with Gasteiger partial charge in [0, 0.05) is 32.9 Å². The minimum absolute atomic E-state index is 0.0551. The topological polar surface area (TPSA) is 23.0 Å². The first-order valence-corrected chi connectivity index (χ1v) is 13.3. The van der Waals surface area contributed by atoms with E-state index in [0.717, 1.165) is 49.8 Å². The molecule has 3 nitrogen and oxygen atoms in total. The molecule has 0 aliphatic heterocycles. The lowest BCUT2D eigenvalue weighted by atomic mass is 10.0. The van der Waals surface area contributed by atoms with Crippen molar-refractivity contribution < 1.29 is 15.4 Å². The first kappa shape index (κ1) is 15.9. The number of rotatable bonds is 3. The molecule has 41 heavy (non-hydrogen) atoms. The predicted octanol–water partition coefficient (Wildman–Crippen LogP) is 10.3. The zero-order valence-electron chi connectivity index (χ0n) is 29.5. The average molecular weight is 533 g/mol. The molecule has 9 aromatic rings. The van der Waals surface area contributed by atoms with Crippen molar-refractivity contribution in [1.29, 1.82) is 0 Å². The number of benzene rings is 6. The van der Waals surface area contributed by atoms with Crippen LogP contribution in [0, 0.1) is 0 Å². The molecule has 0 saturated heterocycles. The molecule has 3 aromatic heterocycles. The Labute approximate surface area is 247 Å². The van der Waals surface area contributed by atoms with Gasteiger partial charge in [0.1, 0.15) is 5.58 Å². The van der Waals surface area contributed by atoms with Crippen molar-refractivity contribution in [3.63, 3.8) is 0 Å². The molecule has 3 heteroatoms. The quantitative estimate of drug-likeness (QED) is 0.222. The van der Waals surface area contributed by atoms with Gasteiger partial charge in [-0.25, -0.2) is 0 Å². The second-order valence-electron chi connectivity index (χ2n) is 10.0. The SMILES string of the molecule is [2H]c1c([2H])c([2H])c2c(c1[2H])c1c([2H])c([2H])c([2H])c([2H])c1n2-c1ccc(-c2ccc3c(c2)oc2c3c3ccccc3n2-c2ccccc2)cc1. The zero-order valence-corrected chi connectivity index (χ0v) is 21.5. The average Bonchev–Trinajstić information content (AvgIpc) is 3.79. The number of hydrogen-bond acceptors (Lipinski definition) is 1. The maximum absolute atomic E-state index is 8.76. The van der Waals surface area contributed by atoms with Crippen LogP contribution in [0.4, 0.5) is 0 Å². The van der Waals surface area contributed by atoms with Crippen molar-refractivity contribution in [2.24, 2.45) is 0 Å². The number of furan rings is 1. The molecule has 9 rings (SSSR count). The molecule has 3 heterocycles. The maximum Gasteiger partial charge on any atom is 0.213 e. The van der Waals surface area contributed by atoms with E-state index >= 15 is 0 Å². The van der Waals surface area contributed by atoms with Crippen LogP contribution in [-0.4, -0.2) is 9.13 Å². The highest BCUT2D eigenvalue weighted by molar-refractivity contribution is 6.20. The van der Waals surface area contributed by atoms with E-state index in [1.165, 1.54) is 4.57 Å². The number of fused-ring (bicyclic) bond motifs is 8. The predicted molar refractivity (Wildman–Crippen MR) is 170 cm³/mol. The Bertz CT molecular complexity index is 2770. The molecule has 0 fully saturated rings. The number of hydrogen-bond donors (Lipinski definition) is 0. The highest BCUT2D eigenvalue weighted by Gasteiger charge is 2.19. The Balaban J connectivity index is 1.23. The highest BCUT2D eigenvalue weighted by atomic mass is 16.3. The minimum atomic E-state index is -0.464. The van der Waals surface area contributed by atoms with Crippen LogP contribution in [-0.2, 0) is 0 Å². The van der Waals surface area contributed by atoms with Gasteiger partial charge in [-0.2, -0.15) is 0 Å². The van der Waals surface area contributed by atoms with E-state index in [9.17, 15) is 0 Å². The van der Waals surface area contributed by atoms with Crippen LogP contribution in [0.1, 0.15) is 11.0 Å². The molecule has 0 unspecified atom stereocenters. The normalized spacial score (nSPS) is 14.6. The van der Waals surface area contributed by atoms with Crippen LogP contribution in [0.2, 0.25) is 0 Å². The lowest BCUT2D eigenvalue weighted by Gasteiger charge is -2.09. The summed E-state index contributed by atoms with van der Waals surface area (Å²) in [4.78, 5) is 0. The van der Waals surface area contributed by atoms with Crippen LogP contribution < -0.4 is 0 Å². The third-order valence-electron chi connectivity index (χ3n) is 7.79. The molecular weight excluding hydrogens is 500 g/mol. The molecular formula is C38H24N2O. The van der Waals surface area contributed by atoms with E-state index in [-0.39, 0.29) is 46.0 Å². The van der Waals surface area contributed by atoms with Crippen LogP contribution in [0.15, 0.2) is 150 Å². The molecule has 0 atom stereocenters. The fourth-order valence-electron chi connectivity index (χ4n) is 5.99. The van der Waals surface area contributed by atoms with Gasteiger partial charge >= 0.3 is 0 Å². The largest absolute Gasteiger partial charge is 0.439 e. The molecule has 0 spiro atoms. The van der Waals surface area contributed by atoms with Gasteiger partial charge in [-0.15, -0.1) is 0 Å². The molecule has 0 saturated carbocycles. The molecule has 0 aliphatic carbocycles. The zero-order chi connectivity index (χ0) is 33.9. The number of para-hydroxylation sites is 4. The summed E-state index contributed by atoms with van der Waals surface area (Å²) in [5.41, 5.74) is 6.00. The van der Waals surface area contributed by atoms with Gasteiger partial charge < -0.3 is 8.98 Å². The maximum atomic E-state index is 8.76. The Morgan fingerprint density at radius 2 is 1.12 bits per heavy atom. The Morgan fingerprint density at radius 3 is 1.88 bits per heavy atom. The van der Waals surface area contributed by atoms with Crippen LogP contribution in [0.25, 0.3) is 77.3 Å². The summed E-state index contributed by atoms with van der Waals surface area (Å²) in [6.45, 7) is 0. The molecule has 0 radical (unpaired) electrons. The summed E-state index contributed by atoms with van der Waals surface area (Å²) in [7, 11) is 0. The fraction of sp³-hybridized carbons (Fsp3) is 0. The van der Waals surface area contributed by atoms with Gasteiger partial charge in [0.05, 0.1) is 32.9 Å². The van der Waals surface area contributed by atoms with Crippen molar-refractivity contribution in [3.05, 3.63) is 145 Å². The third-order valence-corrected chi connectivity index (χ3v) is 7.79. The van der Waals surface area contributed by atoms with Gasteiger partial charge in [-0.3, -0.25) is 4.57 Å². The molecule has 192 valence electrons. The second-order valence-corrected chi connectivity index (χ2v) is 10.0. The van der Waals surface area contributed by atoms with Gasteiger partial charge in [0.15, 0.2) is 0 Å². The van der Waals surface area contributed by atoms with Crippen LogP contribution >= 0.6 is 0 Å². The summed E-state index contributed by atoms with van der Waals surface area (Å²) < 4.78 is 78.3. The molecule has 0 aliphatic rings. The molecule has 0 amide bonds. The van der Waals surface area contributed by atoms with Crippen molar-refractivity contribution in [2.45, 2.75) is 0 Å². The molecule has 6 aromatic carbocycles. The second kappa shape index (κ2) is 8.48. The van der Waals surface area contributed by atoms with Gasteiger partial charge in [0.25, 0.3) is 0 Å². The molecule has 0 N–H and O–H groups in total. The minimum Gasteiger partial charge on any atom is -0.439 e. The summed E-state index contributed by atoms with van der Waals surface area (Å²) in [6, 6.07) is 28.6. The van der Waals surface area contributed by atoms with Crippen LogP contribution in [0.5, 0.6) is 0 Å². The van der Waals surface area contributed by atoms with Gasteiger partial charge in [0.2, 0.25) is 5.71 Å². The number of nitrogens with zero attached hydrogens (tertiary/aromatic N) is 2. The first-order chi connectivity index (χ1) is 23.7. The summed E-state index contributed by atoms with van der Waals surface area (Å²) in [6.07, 6.45) is 0. The third kappa shape index (κ3) is 3.20. The Morgan fingerprint density at radius 1 is 0.488 bits per heavy atom. The van der Waals surface area contributed by atoms with Gasteiger partial charge in [-0.05, 0) is 65.7 Å². The van der Waals surface area contributed by atoms with E-state index in [4.69, 9.17) is 15.4 Å². The fourth-order valence-corrected chi connectivity index (χ4v) is 5.99. The van der Waals surface area contributed by atoms with Gasteiger partial charge in [-0.1, -0.05) is 90.9 Å². The lowest BCUT2D eigenvalue weighted by Crippen LogP contribution is -1.93. The Hall–Kier alpha value is -5.54. The van der Waals surface area contributed by atoms with Crippen LogP contribution in [0.3, 0.4) is 0 Å². The summed E-state index contributed by atoms with van der Waals surface area (Å²) >= 11 is 0. The standard InChI is InChI=1S/C38H24N2O/c1-2-10-27(11-3-1)40-35-17-9-6-14-31(35)37-32-23-20-26(24-36(32)41-38(37)40)25-18-21-28(22-19-25)39-33-15-7-4-12-29(33)30-13-5-8-16-34(30)39/h1-24H/i4D,5D,7D,8D,12D,13D,15D,16D. The number of aromatic nitrogens is 2. The smallest absolute Gasteiger partial charge is 0.213 e. The van der Waals surface area contributed by atoms with Crippen molar-refractivity contribution in [2.75, 3.05) is 0 Å². The van der Waals surface area contributed by atoms with E-state index in [1.54, 1.807) is 12.1 Å². The lowest BCUT2D eigenvalue weighted by molar-refractivity contribution is 0.645. The van der Waals surface area contributed by atoms with Crippen molar-refractivity contribution in [1.82, 2.24) is 9.13 Å². The summed E-state index contributed by atoms with van der Waals surface area (Å²) in [5, 5.41) is 3.24. The Kier molecular flexibility index (Phi) is 3.29. The van der Waals surface area contributed by atoms with E-state index in [1.807, 2.05) is 54.6 Å². The summed E-state index contributed by atoms with van der Waals surface area (Å²) in [5.74, 6) is 0.